The van der Waals surface area contributed by atoms with E-state index in [2.05, 4.69) is 15.4 Å². The van der Waals surface area contributed by atoms with E-state index < -0.39 is 64.8 Å². The summed E-state index contributed by atoms with van der Waals surface area (Å²) in [6.07, 6.45) is -4.08. The van der Waals surface area contributed by atoms with Gasteiger partial charge in [0, 0.05) is 13.5 Å². The second-order valence-corrected chi connectivity index (χ2v) is 13.4. The van der Waals surface area contributed by atoms with Crippen molar-refractivity contribution in [1.29, 1.82) is 0 Å². The lowest BCUT2D eigenvalue weighted by molar-refractivity contribution is -0.244. The summed E-state index contributed by atoms with van der Waals surface area (Å²) in [6, 6.07) is -3.25. The van der Waals surface area contributed by atoms with Crippen LogP contribution in [-0.4, -0.2) is 70.8 Å². The number of likely N-dealkylation sites (tertiary alicyclic amines) is 1. The van der Waals surface area contributed by atoms with Crippen molar-refractivity contribution >= 4 is 29.5 Å². The zero-order valence-corrected chi connectivity index (χ0v) is 23.8. The number of Topliss-reactive ketones (excluding diaryl/α,β-unsaturated/α-hetero) is 2. The van der Waals surface area contributed by atoms with Crippen LogP contribution in [0.5, 0.6) is 0 Å². The standard InChI is InChI=1S/C27H40F3N3O6/c1-13(34)19(35)16(11-14-9-10-14)31-21(36)18-17-15(25(17,5)6)12-33(18)22(37)20(24(2,3)4)32-23(38)39-26(7,8)27(28,29)30/h14-18,20H,9-12H2,1-8H3,(H,31,36)(H,32,38)/t15?,16?,17?,18-,20+/m0/s1. The van der Waals surface area contributed by atoms with Gasteiger partial charge in [-0.15, -0.1) is 0 Å². The molecule has 3 amide bonds. The number of nitrogens with one attached hydrogen (secondary N) is 2. The Morgan fingerprint density at radius 1 is 1.00 bits per heavy atom. The zero-order chi connectivity index (χ0) is 29.9. The van der Waals surface area contributed by atoms with Crippen LogP contribution in [0.3, 0.4) is 0 Å². The van der Waals surface area contributed by atoms with Crippen LogP contribution in [0.15, 0.2) is 0 Å². The van der Waals surface area contributed by atoms with Gasteiger partial charge in [0.25, 0.3) is 0 Å². The summed E-state index contributed by atoms with van der Waals surface area (Å²) in [4.78, 5) is 65.7. The quantitative estimate of drug-likeness (QED) is 0.418. The molecule has 0 bridgehead atoms. The third kappa shape index (κ3) is 6.40. The highest BCUT2D eigenvalue weighted by molar-refractivity contribution is 6.38. The lowest BCUT2D eigenvalue weighted by Crippen LogP contribution is -2.61. The summed E-state index contributed by atoms with van der Waals surface area (Å²) in [5.74, 6) is -2.54. The molecule has 0 aromatic rings. The monoisotopic (exact) mass is 559 g/mol. The molecule has 1 heterocycles. The predicted molar refractivity (Wildman–Crippen MR) is 134 cm³/mol. The molecular weight excluding hydrogens is 519 g/mol. The van der Waals surface area contributed by atoms with Crippen LogP contribution in [0.1, 0.15) is 74.7 Å². The van der Waals surface area contributed by atoms with Crippen LogP contribution in [0, 0.1) is 28.6 Å². The molecule has 1 saturated heterocycles. The molecule has 5 atom stereocenters. The summed E-state index contributed by atoms with van der Waals surface area (Å²) in [5, 5.41) is 5.01. The van der Waals surface area contributed by atoms with Gasteiger partial charge < -0.3 is 20.3 Å². The van der Waals surface area contributed by atoms with Crippen molar-refractivity contribution in [3.8, 4) is 0 Å². The Hall–Kier alpha value is -2.66. The second kappa shape index (κ2) is 10.1. The molecule has 0 aromatic heterocycles. The Balaban J connectivity index is 1.83. The maximum Gasteiger partial charge on any atom is 0.427 e. The number of alkyl carbamates (subject to hydrolysis) is 1. The fraction of sp³-hybridized carbons (Fsp3) is 0.815. The highest BCUT2D eigenvalue weighted by Crippen LogP contribution is 2.65. The third-order valence-corrected chi connectivity index (χ3v) is 8.41. The van der Waals surface area contributed by atoms with E-state index in [1.54, 1.807) is 20.8 Å². The first-order chi connectivity index (χ1) is 17.6. The van der Waals surface area contributed by atoms with Gasteiger partial charge in [-0.25, -0.2) is 4.79 Å². The number of carbonyl (C=O) groups is 5. The Labute approximate surface area is 226 Å². The molecule has 3 rings (SSSR count). The minimum Gasteiger partial charge on any atom is -0.434 e. The minimum atomic E-state index is -4.83. The van der Waals surface area contributed by atoms with E-state index in [9.17, 15) is 37.1 Å². The van der Waals surface area contributed by atoms with E-state index in [-0.39, 0.29) is 29.7 Å². The zero-order valence-electron chi connectivity index (χ0n) is 23.8. The van der Waals surface area contributed by atoms with Gasteiger partial charge in [0.05, 0.1) is 6.04 Å². The highest BCUT2D eigenvalue weighted by atomic mass is 19.4. The van der Waals surface area contributed by atoms with E-state index in [0.29, 0.717) is 20.3 Å². The second-order valence-electron chi connectivity index (χ2n) is 13.4. The van der Waals surface area contributed by atoms with Crippen LogP contribution >= 0.6 is 0 Å². The van der Waals surface area contributed by atoms with Gasteiger partial charge in [0.2, 0.25) is 23.2 Å². The van der Waals surface area contributed by atoms with Gasteiger partial charge in [-0.3, -0.25) is 19.2 Å². The normalized spacial score (nSPS) is 25.7. The van der Waals surface area contributed by atoms with Crippen LogP contribution in [-0.2, 0) is 23.9 Å². The van der Waals surface area contributed by atoms with Gasteiger partial charge >= 0.3 is 12.3 Å². The molecule has 9 nitrogen and oxygen atoms in total. The number of halogens is 3. The van der Waals surface area contributed by atoms with Crippen molar-refractivity contribution in [1.82, 2.24) is 15.5 Å². The number of fused-ring (bicyclic) bond motifs is 1. The fourth-order valence-electron chi connectivity index (χ4n) is 5.49. The van der Waals surface area contributed by atoms with Crippen LogP contribution in [0.4, 0.5) is 18.0 Å². The van der Waals surface area contributed by atoms with Gasteiger partial charge in [-0.1, -0.05) is 47.5 Å². The van der Waals surface area contributed by atoms with Gasteiger partial charge in [-0.05, 0) is 48.9 Å². The van der Waals surface area contributed by atoms with Crippen molar-refractivity contribution in [3.05, 3.63) is 0 Å². The fourth-order valence-corrected chi connectivity index (χ4v) is 5.49. The van der Waals surface area contributed by atoms with E-state index in [0.717, 1.165) is 19.8 Å². The van der Waals surface area contributed by atoms with Crippen LogP contribution < -0.4 is 10.6 Å². The molecule has 0 radical (unpaired) electrons. The molecule has 3 aliphatic rings. The van der Waals surface area contributed by atoms with Crippen LogP contribution in [0.2, 0.25) is 0 Å². The first-order valence-corrected chi connectivity index (χ1v) is 13.3. The summed E-state index contributed by atoms with van der Waals surface area (Å²) in [5.41, 5.74) is -3.99. The Morgan fingerprint density at radius 3 is 2.03 bits per heavy atom. The predicted octanol–water partition coefficient (Wildman–Crippen LogP) is 3.39. The van der Waals surface area contributed by atoms with Gasteiger partial charge in [0.1, 0.15) is 12.1 Å². The number of nitrogens with zero attached hydrogens (tertiary/aromatic N) is 1. The molecule has 2 aliphatic carbocycles. The van der Waals surface area contributed by atoms with Crippen molar-refractivity contribution in [2.24, 2.45) is 28.6 Å². The van der Waals surface area contributed by atoms with Gasteiger partial charge in [-0.2, -0.15) is 13.2 Å². The number of alkyl halides is 3. The molecule has 1 aliphatic heterocycles. The van der Waals surface area contributed by atoms with E-state index in [4.69, 9.17) is 0 Å². The molecule has 0 spiro atoms. The van der Waals surface area contributed by atoms with Crippen molar-refractivity contribution in [3.63, 3.8) is 0 Å². The summed E-state index contributed by atoms with van der Waals surface area (Å²) in [7, 11) is 0. The molecule has 2 N–H and O–H groups in total. The number of carbonyl (C=O) groups excluding carboxylic acids is 5. The lowest BCUT2D eigenvalue weighted by Gasteiger charge is -2.38. The number of rotatable bonds is 9. The molecule has 3 fully saturated rings. The Kier molecular flexibility index (Phi) is 7.97. The van der Waals surface area contributed by atoms with Crippen LogP contribution in [0.25, 0.3) is 0 Å². The number of hydrogen-bond donors (Lipinski definition) is 2. The molecule has 0 aromatic carbocycles. The molecular formula is C27H40F3N3O6. The molecule has 220 valence electrons. The van der Waals surface area contributed by atoms with E-state index >= 15 is 0 Å². The molecule has 2 saturated carbocycles. The maximum atomic E-state index is 13.8. The number of piperidine rings is 1. The number of ketones is 2. The molecule has 39 heavy (non-hydrogen) atoms. The average molecular weight is 560 g/mol. The number of amides is 3. The molecule has 12 heteroatoms. The Bertz CT molecular complexity index is 1040. The van der Waals surface area contributed by atoms with Crippen molar-refractivity contribution in [2.45, 2.75) is 105 Å². The summed E-state index contributed by atoms with van der Waals surface area (Å²) >= 11 is 0. The number of hydrogen-bond acceptors (Lipinski definition) is 6. The summed E-state index contributed by atoms with van der Waals surface area (Å²) < 4.78 is 44.4. The smallest absolute Gasteiger partial charge is 0.427 e. The Morgan fingerprint density at radius 2 is 1.56 bits per heavy atom. The van der Waals surface area contributed by atoms with Crippen molar-refractivity contribution < 1.29 is 41.9 Å². The largest absolute Gasteiger partial charge is 0.434 e. The van der Waals surface area contributed by atoms with E-state index in [1.165, 1.54) is 4.90 Å². The lowest BCUT2D eigenvalue weighted by atomic mass is 9.85. The first-order valence-electron chi connectivity index (χ1n) is 13.3. The highest BCUT2D eigenvalue weighted by Gasteiger charge is 2.70. The maximum absolute atomic E-state index is 13.8. The average Bonchev–Trinajstić information content (AvgIpc) is 3.61. The number of ether oxygens (including phenoxy) is 1. The van der Waals surface area contributed by atoms with Gasteiger partial charge in [0.15, 0.2) is 5.78 Å². The SMILES string of the molecule is CC(=O)C(=O)C(CC1CC1)NC(=O)[C@@H]1C2C(CN1C(=O)[C@@H](NC(=O)OC(C)(C)C(F)(F)F)C(C)(C)C)C2(C)C. The minimum absolute atomic E-state index is 0.0145. The van der Waals surface area contributed by atoms with E-state index in [1.807, 2.05) is 13.8 Å². The summed E-state index contributed by atoms with van der Waals surface area (Å²) in [6.45, 7) is 11.6. The van der Waals surface area contributed by atoms with Crippen molar-refractivity contribution in [2.75, 3.05) is 6.54 Å². The molecule has 3 unspecified atom stereocenters. The topological polar surface area (TPSA) is 122 Å². The third-order valence-electron chi connectivity index (χ3n) is 8.41. The first kappa shape index (κ1) is 30.9.